The molecule has 0 amide bonds. The summed E-state index contributed by atoms with van der Waals surface area (Å²) >= 11 is 5.25. The molecule has 1 saturated carbocycles. The van der Waals surface area contributed by atoms with E-state index in [-0.39, 0.29) is 5.41 Å². The molecule has 1 aliphatic carbocycles. The molecule has 2 rings (SSSR count). The van der Waals surface area contributed by atoms with E-state index in [2.05, 4.69) is 33.4 Å². The van der Waals surface area contributed by atoms with Crippen molar-refractivity contribution in [3.05, 3.63) is 20.8 Å². The molecule has 84 valence electrons. The number of rotatable bonds is 6. The van der Waals surface area contributed by atoms with Gasteiger partial charge in [-0.1, -0.05) is 0 Å². The summed E-state index contributed by atoms with van der Waals surface area (Å²) in [6.07, 6.45) is 3.44. The van der Waals surface area contributed by atoms with Crippen molar-refractivity contribution in [1.29, 1.82) is 0 Å². The van der Waals surface area contributed by atoms with Crippen LogP contribution in [0, 0.1) is 5.41 Å². The Kier molecular flexibility index (Phi) is 3.83. The SMILES string of the molecule is OCC1(CNCCc2ccc(Br)s2)CC1. The molecular weight excluding hydrogens is 274 g/mol. The summed E-state index contributed by atoms with van der Waals surface area (Å²) in [5, 5.41) is 12.6. The van der Waals surface area contributed by atoms with E-state index in [4.69, 9.17) is 5.11 Å². The highest BCUT2D eigenvalue weighted by atomic mass is 79.9. The van der Waals surface area contributed by atoms with E-state index < -0.39 is 0 Å². The number of hydrogen-bond acceptors (Lipinski definition) is 3. The highest BCUT2D eigenvalue weighted by molar-refractivity contribution is 9.11. The van der Waals surface area contributed by atoms with Gasteiger partial charge in [0.05, 0.1) is 3.79 Å². The van der Waals surface area contributed by atoms with Gasteiger partial charge >= 0.3 is 0 Å². The number of thiophene rings is 1. The molecule has 0 unspecified atom stereocenters. The number of hydrogen-bond donors (Lipinski definition) is 2. The Balaban J connectivity index is 1.63. The fourth-order valence-corrected chi connectivity index (χ4v) is 3.10. The van der Waals surface area contributed by atoms with Crippen molar-refractivity contribution in [2.75, 3.05) is 19.7 Å². The first-order valence-electron chi connectivity index (χ1n) is 5.30. The molecule has 1 aromatic rings. The number of aliphatic hydroxyl groups excluding tert-OH is 1. The summed E-state index contributed by atoms with van der Waals surface area (Å²) in [6.45, 7) is 2.31. The summed E-state index contributed by atoms with van der Waals surface area (Å²) in [7, 11) is 0. The zero-order chi connectivity index (χ0) is 10.7. The molecule has 1 aliphatic rings. The average Bonchev–Trinajstić information content (AvgIpc) is 2.91. The van der Waals surface area contributed by atoms with E-state index in [0.29, 0.717) is 6.61 Å². The Labute approximate surface area is 103 Å². The quantitative estimate of drug-likeness (QED) is 0.789. The Morgan fingerprint density at radius 3 is 2.80 bits per heavy atom. The molecule has 1 aromatic heterocycles. The molecule has 4 heteroatoms. The van der Waals surface area contributed by atoms with Gasteiger partial charge in [0.25, 0.3) is 0 Å². The van der Waals surface area contributed by atoms with Crippen LogP contribution in [-0.2, 0) is 6.42 Å². The number of halogens is 1. The van der Waals surface area contributed by atoms with E-state index >= 15 is 0 Å². The fourth-order valence-electron chi connectivity index (χ4n) is 1.62. The second-order valence-corrected chi connectivity index (χ2v) is 6.84. The van der Waals surface area contributed by atoms with Crippen LogP contribution in [0.15, 0.2) is 15.9 Å². The van der Waals surface area contributed by atoms with Crippen molar-refractivity contribution in [2.45, 2.75) is 19.3 Å². The van der Waals surface area contributed by atoms with E-state index in [0.717, 1.165) is 19.5 Å². The summed E-state index contributed by atoms with van der Waals surface area (Å²) < 4.78 is 1.20. The molecular formula is C11H16BrNOS. The lowest BCUT2D eigenvalue weighted by Gasteiger charge is -2.11. The first-order valence-corrected chi connectivity index (χ1v) is 6.91. The van der Waals surface area contributed by atoms with Crippen LogP contribution < -0.4 is 5.32 Å². The molecule has 0 atom stereocenters. The standard InChI is InChI=1S/C11H16BrNOS/c12-10-2-1-9(15-10)3-6-13-7-11(8-14)4-5-11/h1-2,13-14H,3-8H2. The Hall–Kier alpha value is 0.1000. The zero-order valence-electron chi connectivity index (χ0n) is 8.63. The Morgan fingerprint density at radius 1 is 1.47 bits per heavy atom. The van der Waals surface area contributed by atoms with Crippen LogP contribution in [0.4, 0.5) is 0 Å². The first kappa shape index (κ1) is 11.6. The van der Waals surface area contributed by atoms with Gasteiger partial charge in [0.1, 0.15) is 0 Å². The van der Waals surface area contributed by atoms with Gasteiger partial charge in [0.15, 0.2) is 0 Å². The maximum absolute atomic E-state index is 9.13. The van der Waals surface area contributed by atoms with Crippen LogP contribution in [0.3, 0.4) is 0 Å². The van der Waals surface area contributed by atoms with Gasteiger partial charge < -0.3 is 10.4 Å². The van der Waals surface area contributed by atoms with Gasteiger partial charge in [-0.2, -0.15) is 0 Å². The molecule has 0 aromatic carbocycles. The second-order valence-electron chi connectivity index (χ2n) is 4.29. The largest absolute Gasteiger partial charge is 0.396 e. The molecule has 0 saturated heterocycles. The Bertz CT molecular complexity index is 322. The molecule has 2 nitrogen and oxygen atoms in total. The van der Waals surface area contributed by atoms with Gasteiger partial charge in [0.2, 0.25) is 0 Å². The molecule has 0 spiro atoms. The highest BCUT2D eigenvalue weighted by Gasteiger charge is 2.41. The predicted molar refractivity (Wildman–Crippen MR) is 67.3 cm³/mol. The van der Waals surface area contributed by atoms with Crippen LogP contribution in [0.2, 0.25) is 0 Å². The summed E-state index contributed by atoms with van der Waals surface area (Å²) in [5.74, 6) is 0. The third-order valence-electron chi connectivity index (χ3n) is 2.97. The van der Waals surface area contributed by atoms with Crippen LogP contribution in [0.5, 0.6) is 0 Å². The predicted octanol–water partition coefficient (Wildman–Crippen LogP) is 2.42. The maximum atomic E-state index is 9.13. The molecule has 0 radical (unpaired) electrons. The lowest BCUT2D eigenvalue weighted by Crippen LogP contribution is -2.27. The number of nitrogens with one attached hydrogen (secondary N) is 1. The summed E-state index contributed by atoms with van der Waals surface area (Å²) in [5.41, 5.74) is 0.232. The monoisotopic (exact) mass is 289 g/mol. The molecule has 2 N–H and O–H groups in total. The van der Waals surface area contributed by atoms with Crippen LogP contribution in [0.25, 0.3) is 0 Å². The maximum Gasteiger partial charge on any atom is 0.0701 e. The van der Waals surface area contributed by atoms with Crippen molar-refractivity contribution in [3.8, 4) is 0 Å². The Morgan fingerprint density at radius 2 is 2.27 bits per heavy atom. The van der Waals surface area contributed by atoms with Crippen LogP contribution in [-0.4, -0.2) is 24.8 Å². The van der Waals surface area contributed by atoms with Crippen LogP contribution in [0.1, 0.15) is 17.7 Å². The smallest absolute Gasteiger partial charge is 0.0701 e. The lowest BCUT2D eigenvalue weighted by atomic mass is 10.1. The van der Waals surface area contributed by atoms with Gasteiger partial charge in [0, 0.05) is 23.4 Å². The van der Waals surface area contributed by atoms with Crippen LogP contribution >= 0.6 is 27.3 Å². The average molecular weight is 290 g/mol. The number of aliphatic hydroxyl groups is 1. The summed E-state index contributed by atoms with van der Waals surface area (Å²) in [4.78, 5) is 1.41. The van der Waals surface area contributed by atoms with Gasteiger partial charge in [-0.15, -0.1) is 11.3 Å². The highest BCUT2D eigenvalue weighted by Crippen LogP contribution is 2.44. The fraction of sp³-hybridized carbons (Fsp3) is 0.636. The third-order valence-corrected chi connectivity index (χ3v) is 4.65. The molecule has 0 aliphatic heterocycles. The topological polar surface area (TPSA) is 32.3 Å². The molecule has 1 heterocycles. The summed E-state index contributed by atoms with van der Waals surface area (Å²) in [6, 6.07) is 4.26. The zero-order valence-corrected chi connectivity index (χ0v) is 11.0. The minimum atomic E-state index is 0.232. The van der Waals surface area contributed by atoms with Crippen molar-refractivity contribution >= 4 is 27.3 Å². The van der Waals surface area contributed by atoms with Gasteiger partial charge in [-0.3, -0.25) is 0 Å². The van der Waals surface area contributed by atoms with Gasteiger partial charge in [-0.05, 0) is 53.9 Å². The van der Waals surface area contributed by atoms with Crippen molar-refractivity contribution in [3.63, 3.8) is 0 Å². The van der Waals surface area contributed by atoms with E-state index in [1.54, 1.807) is 11.3 Å². The minimum absolute atomic E-state index is 0.232. The minimum Gasteiger partial charge on any atom is -0.396 e. The normalized spacial score (nSPS) is 18.0. The van der Waals surface area contributed by atoms with Crippen molar-refractivity contribution < 1.29 is 5.11 Å². The van der Waals surface area contributed by atoms with Crippen molar-refractivity contribution in [2.24, 2.45) is 5.41 Å². The third kappa shape index (κ3) is 3.28. The molecule has 1 fully saturated rings. The lowest BCUT2D eigenvalue weighted by molar-refractivity contribution is 0.208. The van der Waals surface area contributed by atoms with Gasteiger partial charge in [-0.25, -0.2) is 0 Å². The van der Waals surface area contributed by atoms with E-state index in [1.165, 1.54) is 21.5 Å². The molecule has 15 heavy (non-hydrogen) atoms. The van der Waals surface area contributed by atoms with E-state index in [1.807, 2.05) is 0 Å². The molecule has 0 bridgehead atoms. The first-order chi connectivity index (χ1) is 7.24. The van der Waals surface area contributed by atoms with Crippen molar-refractivity contribution in [1.82, 2.24) is 5.32 Å². The van der Waals surface area contributed by atoms with E-state index in [9.17, 15) is 0 Å². The second kappa shape index (κ2) is 4.95.